The normalized spacial score (nSPS) is 25.3. The van der Waals surface area contributed by atoms with Gasteiger partial charge >= 0.3 is 12.1 Å². The maximum absolute atomic E-state index is 14.3. The highest BCUT2D eigenvalue weighted by Gasteiger charge is 2.65. The van der Waals surface area contributed by atoms with Crippen molar-refractivity contribution in [2.45, 2.75) is 69.4 Å². The van der Waals surface area contributed by atoms with Crippen LogP contribution in [-0.4, -0.2) is 70.1 Å². The van der Waals surface area contributed by atoms with Gasteiger partial charge in [0.25, 0.3) is 5.91 Å². The second-order valence-electron chi connectivity index (χ2n) is 13.2. The van der Waals surface area contributed by atoms with Crippen molar-refractivity contribution in [3.05, 3.63) is 57.4 Å². The van der Waals surface area contributed by atoms with Gasteiger partial charge < -0.3 is 14.7 Å². The second kappa shape index (κ2) is 10.4. The van der Waals surface area contributed by atoms with E-state index in [2.05, 4.69) is 0 Å². The number of aromatic nitrogens is 2. The highest BCUT2D eigenvalue weighted by Crippen LogP contribution is 2.60. The summed E-state index contributed by atoms with van der Waals surface area (Å²) in [5.74, 6) is -2.51. The van der Waals surface area contributed by atoms with E-state index in [9.17, 15) is 32.7 Å². The van der Waals surface area contributed by atoms with Crippen LogP contribution in [0.2, 0.25) is 5.02 Å². The van der Waals surface area contributed by atoms with Crippen LogP contribution >= 0.6 is 11.6 Å². The Kier molecular flexibility index (Phi) is 7.00. The number of hydrogen-bond donors (Lipinski definition) is 1. The van der Waals surface area contributed by atoms with Crippen molar-refractivity contribution in [3.8, 4) is 0 Å². The molecule has 1 amide bonds. The third kappa shape index (κ3) is 4.69. The molecule has 2 saturated heterocycles. The van der Waals surface area contributed by atoms with E-state index in [0.29, 0.717) is 69.8 Å². The molecule has 1 N–H and O–H groups in total. The number of ether oxygens (including phenoxy) is 1. The van der Waals surface area contributed by atoms with Gasteiger partial charge in [0, 0.05) is 36.4 Å². The van der Waals surface area contributed by atoms with Gasteiger partial charge in [0.2, 0.25) is 5.91 Å². The summed E-state index contributed by atoms with van der Waals surface area (Å²) < 4.78 is 49.4. The lowest BCUT2D eigenvalue weighted by Gasteiger charge is -2.38. The van der Waals surface area contributed by atoms with Gasteiger partial charge in [0.1, 0.15) is 0 Å². The van der Waals surface area contributed by atoms with Crippen LogP contribution in [-0.2, 0) is 32.6 Å². The number of hydrogen-bond acceptors (Lipinski definition) is 5. The van der Waals surface area contributed by atoms with Crippen molar-refractivity contribution in [2.24, 2.45) is 17.3 Å². The Morgan fingerprint density at radius 1 is 1.07 bits per heavy atom. The molecule has 2 atom stereocenters. The monoisotopic (exact) mass is 631 g/mol. The van der Waals surface area contributed by atoms with E-state index in [0.717, 1.165) is 17.6 Å². The standard InChI is InChI=1S/C32H33ClF3N3O5/c33-23-3-1-2-22(31(10-11-31)32(34,35)36)25(23)28(41)39-24-14-20(27(40)38-13-12-30(15-38)16-44-17-30)8-9-21(24)26(37-39)18-4-6-19(7-5-18)29(42)43/h1-4,19-20H,5-17H2,(H,42,43). The first-order chi connectivity index (χ1) is 20.9. The first-order valence-electron chi connectivity index (χ1n) is 15.2. The number of fused-ring (bicyclic) bond motifs is 1. The fourth-order valence-corrected chi connectivity index (χ4v) is 7.86. The first kappa shape index (κ1) is 29.5. The smallest absolute Gasteiger partial charge is 0.398 e. The third-order valence-corrected chi connectivity index (χ3v) is 10.8. The predicted molar refractivity (Wildman–Crippen MR) is 153 cm³/mol. The molecule has 2 aromatic rings. The first-order valence-corrected chi connectivity index (χ1v) is 15.6. The van der Waals surface area contributed by atoms with Crippen molar-refractivity contribution in [3.63, 3.8) is 0 Å². The molecule has 12 heteroatoms. The summed E-state index contributed by atoms with van der Waals surface area (Å²) in [5.41, 5.74) is 0.200. The highest BCUT2D eigenvalue weighted by atomic mass is 35.5. The van der Waals surface area contributed by atoms with Crippen LogP contribution in [0.1, 0.15) is 77.8 Å². The van der Waals surface area contributed by atoms with Crippen molar-refractivity contribution >= 4 is 35.0 Å². The molecule has 1 saturated carbocycles. The molecule has 1 aromatic carbocycles. The second-order valence-corrected chi connectivity index (χ2v) is 13.6. The number of likely N-dealkylation sites (tertiary alicyclic amines) is 1. The lowest BCUT2D eigenvalue weighted by atomic mass is 9.82. The van der Waals surface area contributed by atoms with E-state index < -0.39 is 35.3 Å². The van der Waals surface area contributed by atoms with Crippen molar-refractivity contribution in [2.75, 3.05) is 26.3 Å². The fraction of sp³-hybridized carbons (Fsp3) is 0.562. The molecule has 44 heavy (non-hydrogen) atoms. The minimum atomic E-state index is -4.55. The fourth-order valence-electron chi connectivity index (χ4n) is 7.61. The zero-order chi connectivity index (χ0) is 31.0. The van der Waals surface area contributed by atoms with Crippen LogP contribution in [0, 0.1) is 17.3 Å². The number of carboxylic acid groups (broad SMARTS) is 1. The molecule has 1 aromatic heterocycles. The molecule has 3 fully saturated rings. The van der Waals surface area contributed by atoms with Gasteiger partial charge in [-0.15, -0.1) is 0 Å². The maximum atomic E-state index is 14.3. The molecule has 3 heterocycles. The van der Waals surface area contributed by atoms with Gasteiger partial charge in [-0.1, -0.05) is 29.8 Å². The molecule has 234 valence electrons. The quantitative estimate of drug-likeness (QED) is 0.472. The van der Waals surface area contributed by atoms with Crippen LogP contribution in [0.5, 0.6) is 0 Å². The lowest BCUT2D eigenvalue weighted by molar-refractivity contribution is -0.160. The van der Waals surface area contributed by atoms with Crippen molar-refractivity contribution in [1.29, 1.82) is 0 Å². The zero-order valence-corrected chi connectivity index (χ0v) is 24.8. The number of benzene rings is 1. The number of alkyl halides is 3. The topological polar surface area (TPSA) is 102 Å². The molecule has 1 spiro atoms. The Bertz CT molecular complexity index is 1590. The van der Waals surface area contributed by atoms with Gasteiger partial charge in [0.15, 0.2) is 0 Å². The van der Waals surface area contributed by atoms with Gasteiger partial charge in [-0.3, -0.25) is 14.4 Å². The minimum Gasteiger partial charge on any atom is -0.481 e. The molecule has 5 aliphatic rings. The van der Waals surface area contributed by atoms with E-state index in [-0.39, 0.29) is 46.7 Å². The Morgan fingerprint density at radius 3 is 2.41 bits per heavy atom. The van der Waals surface area contributed by atoms with Crippen molar-refractivity contribution in [1.82, 2.24) is 14.7 Å². The summed E-state index contributed by atoms with van der Waals surface area (Å²) in [5, 5.41) is 14.1. The van der Waals surface area contributed by atoms with Gasteiger partial charge in [0.05, 0.1) is 46.5 Å². The number of amides is 1. The summed E-state index contributed by atoms with van der Waals surface area (Å²) in [7, 11) is 0. The number of allylic oxidation sites excluding steroid dienone is 2. The summed E-state index contributed by atoms with van der Waals surface area (Å²) in [6, 6.07) is 4.17. The molecular weight excluding hydrogens is 599 g/mol. The molecule has 8 nitrogen and oxygen atoms in total. The predicted octanol–water partition coefficient (Wildman–Crippen LogP) is 5.44. The Hall–Kier alpha value is -3.18. The average Bonchev–Trinajstić information content (AvgIpc) is 3.54. The van der Waals surface area contributed by atoms with Crippen LogP contribution in [0.25, 0.3) is 5.57 Å². The molecular formula is C32H33ClF3N3O5. The van der Waals surface area contributed by atoms with Gasteiger partial charge in [-0.2, -0.15) is 23.0 Å². The molecule has 2 aliphatic heterocycles. The average molecular weight is 632 g/mol. The largest absolute Gasteiger partial charge is 0.481 e. The van der Waals surface area contributed by atoms with Gasteiger partial charge in [-0.05, 0) is 68.6 Å². The Balaban J connectivity index is 1.27. The molecule has 0 radical (unpaired) electrons. The lowest BCUT2D eigenvalue weighted by Crippen LogP contribution is -2.46. The zero-order valence-electron chi connectivity index (χ0n) is 24.1. The van der Waals surface area contributed by atoms with Crippen LogP contribution in [0.4, 0.5) is 13.2 Å². The van der Waals surface area contributed by atoms with Crippen LogP contribution in [0.15, 0.2) is 24.3 Å². The number of halogens is 4. The van der Waals surface area contributed by atoms with Gasteiger partial charge in [-0.25, -0.2) is 0 Å². The van der Waals surface area contributed by atoms with E-state index in [4.69, 9.17) is 21.4 Å². The van der Waals surface area contributed by atoms with E-state index in [1.165, 1.54) is 22.9 Å². The number of aliphatic carboxylic acids is 1. The molecule has 3 aliphatic carbocycles. The summed E-state index contributed by atoms with van der Waals surface area (Å²) in [6.07, 6.45) is 0.356. The van der Waals surface area contributed by atoms with E-state index >= 15 is 0 Å². The molecule has 7 rings (SSSR count). The highest BCUT2D eigenvalue weighted by molar-refractivity contribution is 6.34. The number of carboxylic acids is 1. The SMILES string of the molecule is O=C(O)C1CC=C(c2nn(C(=O)c3c(Cl)cccc3C3(C(F)(F)F)CC3)c3c2CCC(C(=O)N2CCC4(COC4)C2)C3)CC1. The summed E-state index contributed by atoms with van der Waals surface area (Å²) in [6.45, 7) is 2.58. The summed E-state index contributed by atoms with van der Waals surface area (Å²) >= 11 is 6.49. The summed E-state index contributed by atoms with van der Waals surface area (Å²) in [4.78, 5) is 41.4. The van der Waals surface area contributed by atoms with Crippen LogP contribution in [0.3, 0.4) is 0 Å². The minimum absolute atomic E-state index is 0.00907. The molecule has 2 unspecified atom stereocenters. The van der Waals surface area contributed by atoms with E-state index in [1.807, 2.05) is 11.0 Å². The Labute approximate surface area is 257 Å². The molecule has 0 bridgehead atoms. The third-order valence-electron chi connectivity index (χ3n) is 10.5. The maximum Gasteiger partial charge on any atom is 0.398 e. The number of rotatable bonds is 5. The number of nitrogens with zero attached hydrogens (tertiary/aromatic N) is 3. The van der Waals surface area contributed by atoms with Crippen molar-refractivity contribution < 1.29 is 37.4 Å². The number of carbonyl (C=O) groups is 3. The number of carbonyl (C=O) groups excluding carboxylic acids is 2. The Morgan fingerprint density at radius 2 is 1.82 bits per heavy atom. The van der Waals surface area contributed by atoms with Crippen LogP contribution < -0.4 is 0 Å². The van der Waals surface area contributed by atoms with E-state index in [1.54, 1.807) is 0 Å².